The van der Waals surface area contributed by atoms with Gasteiger partial charge < -0.3 is 15.4 Å². The molecule has 1 amide bonds. The maximum absolute atomic E-state index is 12.1. The number of amides is 1. The zero-order valence-electron chi connectivity index (χ0n) is 19.6. The van der Waals surface area contributed by atoms with Gasteiger partial charge in [0.2, 0.25) is 0 Å². The van der Waals surface area contributed by atoms with Gasteiger partial charge in [0.15, 0.2) is 0 Å². The van der Waals surface area contributed by atoms with Crippen LogP contribution in [-0.2, 0) is 32.6 Å². The summed E-state index contributed by atoms with van der Waals surface area (Å²) in [5.74, 6) is 2.41. The number of carbonyl (C=O) groups is 1. The first-order valence-corrected chi connectivity index (χ1v) is 12.9. The van der Waals surface area contributed by atoms with Gasteiger partial charge in [0, 0.05) is 40.3 Å². The number of benzene rings is 1. The maximum atomic E-state index is 12.1. The van der Waals surface area contributed by atoms with Crippen molar-refractivity contribution in [2.45, 2.75) is 89.0 Å². The molecule has 1 aromatic carbocycles. The highest BCUT2D eigenvalue weighted by Gasteiger charge is 2.32. The summed E-state index contributed by atoms with van der Waals surface area (Å²) in [5.41, 5.74) is 4.12. The first-order valence-electron chi connectivity index (χ1n) is 11.4. The first kappa shape index (κ1) is 22.8. The molecule has 8 heteroatoms. The molecule has 1 aliphatic heterocycles. The van der Waals surface area contributed by atoms with Crippen molar-refractivity contribution in [2.75, 3.05) is 5.32 Å². The number of anilines is 2. The largest absolute Gasteiger partial charge is 0.446 e. The lowest BCUT2D eigenvalue weighted by Crippen LogP contribution is -2.33. The predicted octanol–water partition coefficient (Wildman–Crippen LogP) is 4.91. The van der Waals surface area contributed by atoms with Gasteiger partial charge in [-0.25, -0.2) is 9.48 Å². The monoisotopic (exact) mass is 458 g/mol. The fourth-order valence-corrected chi connectivity index (χ4v) is 5.90. The van der Waals surface area contributed by atoms with Crippen molar-refractivity contribution >= 4 is 28.4 Å². The van der Waals surface area contributed by atoms with Crippen LogP contribution in [0.1, 0.15) is 76.6 Å². The third kappa shape index (κ3) is 5.00. The van der Waals surface area contributed by atoms with Gasteiger partial charge in [0.25, 0.3) is 0 Å². The summed E-state index contributed by atoms with van der Waals surface area (Å²) in [6.45, 7) is 10.3. The van der Waals surface area contributed by atoms with Crippen LogP contribution in [0.25, 0.3) is 0 Å². The maximum Gasteiger partial charge on any atom is 0.407 e. The Morgan fingerprint density at radius 3 is 2.75 bits per heavy atom. The second-order valence-electron chi connectivity index (χ2n) is 10.2. The number of nitrogens with one attached hydrogen (secondary N) is 2. The van der Waals surface area contributed by atoms with Crippen molar-refractivity contribution in [3.05, 3.63) is 41.1 Å². The van der Waals surface area contributed by atoms with Crippen LogP contribution in [0.2, 0.25) is 0 Å². The number of aromatic nitrogens is 2. The average Bonchev–Trinajstić information content (AvgIpc) is 3.38. The van der Waals surface area contributed by atoms with Crippen molar-refractivity contribution in [1.82, 2.24) is 15.1 Å². The van der Waals surface area contributed by atoms with Crippen molar-refractivity contribution < 1.29 is 13.7 Å². The second-order valence-corrected chi connectivity index (χ2v) is 11.6. The minimum absolute atomic E-state index is 0.0627. The van der Waals surface area contributed by atoms with Crippen LogP contribution < -0.4 is 10.6 Å². The molecule has 0 radical (unpaired) electrons. The van der Waals surface area contributed by atoms with E-state index in [-0.39, 0.29) is 29.7 Å². The van der Waals surface area contributed by atoms with Gasteiger partial charge in [-0.3, -0.25) is 4.21 Å². The Kier molecular flexibility index (Phi) is 6.34. The zero-order valence-corrected chi connectivity index (χ0v) is 20.4. The van der Waals surface area contributed by atoms with Gasteiger partial charge in [-0.05, 0) is 71.1 Å². The third-order valence-corrected chi connectivity index (χ3v) is 7.25. The molecule has 0 bridgehead atoms. The lowest BCUT2D eigenvalue weighted by Gasteiger charge is -2.23. The molecule has 2 aliphatic rings. The minimum atomic E-state index is -0.829. The number of hydrogen-bond acceptors (Lipinski definition) is 5. The summed E-state index contributed by atoms with van der Waals surface area (Å²) in [6, 6.07) is 8.31. The summed E-state index contributed by atoms with van der Waals surface area (Å²) in [6.07, 6.45) is 2.15. The molecule has 0 spiro atoms. The molecular weight excluding hydrogens is 424 g/mol. The van der Waals surface area contributed by atoms with Crippen LogP contribution in [0.5, 0.6) is 0 Å². The second kappa shape index (κ2) is 8.89. The minimum Gasteiger partial charge on any atom is -0.446 e. The number of carbonyl (C=O) groups excluding carboxylic acids is 1. The predicted molar refractivity (Wildman–Crippen MR) is 128 cm³/mol. The van der Waals surface area contributed by atoms with E-state index in [1.165, 1.54) is 0 Å². The van der Waals surface area contributed by atoms with Gasteiger partial charge in [0.1, 0.15) is 11.9 Å². The summed E-state index contributed by atoms with van der Waals surface area (Å²) in [5, 5.41) is 11.3. The Balaban J connectivity index is 1.53. The van der Waals surface area contributed by atoms with Crippen molar-refractivity contribution in [1.29, 1.82) is 0 Å². The quantitative estimate of drug-likeness (QED) is 0.665. The van der Waals surface area contributed by atoms with Crippen LogP contribution in [0.15, 0.2) is 24.3 Å². The molecule has 32 heavy (non-hydrogen) atoms. The number of ether oxygens (including phenoxy) is 1. The van der Waals surface area contributed by atoms with Crippen molar-refractivity contribution in [3.8, 4) is 0 Å². The van der Waals surface area contributed by atoms with Gasteiger partial charge in [-0.15, -0.1) is 0 Å². The zero-order chi connectivity index (χ0) is 23.0. The number of alkyl carbamates (subject to hydrolysis) is 1. The Bertz CT molecular complexity index is 1020. The van der Waals surface area contributed by atoms with Crippen molar-refractivity contribution in [2.24, 2.45) is 0 Å². The smallest absolute Gasteiger partial charge is 0.407 e. The molecule has 1 aliphatic carbocycles. The number of rotatable bonds is 5. The number of hydrogen-bond donors (Lipinski definition) is 2. The topological polar surface area (TPSA) is 85.3 Å². The van der Waals surface area contributed by atoms with Crippen LogP contribution in [0, 0.1) is 0 Å². The molecule has 0 saturated heterocycles. The molecule has 4 rings (SSSR count). The highest BCUT2D eigenvalue weighted by atomic mass is 32.2. The Hall–Kier alpha value is -2.35. The molecule has 1 aromatic heterocycles. The SMILES string of the molecule is CC(C)NC(=O)OC1CCC(c2cc(Nc3cccc4c3CS(=O)C4)n(C(C)(C)C)n2)C1. The highest BCUT2D eigenvalue weighted by molar-refractivity contribution is 7.83. The van der Waals surface area contributed by atoms with Gasteiger partial charge in [-0.2, -0.15) is 5.10 Å². The lowest BCUT2D eigenvalue weighted by molar-refractivity contribution is 0.0981. The van der Waals surface area contributed by atoms with E-state index in [0.717, 1.165) is 47.6 Å². The van der Waals surface area contributed by atoms with E-state index in [1.54, 1.807) is 0 Å². The van der Waals surface area contributed by atoms with E-state index >= 15 is 0 Å². The highest BCUT2D eigenvalue weighted by Crippen LogP contribution is 2.38. The summed E-state index contributed by atoms with van der Waals surface area (Å²) in [7, 11) is -0.829. The van der Waals surface area contributed by atoms with E-state index in [4.69, 9.17) is 9.84 Å². The van der Waals surface area contributed by atoms with Gasteiger partial charge in [0.05, 0.1) is 17.0 Å². The molecule has 2 aromatic rings. The van der Waals surface area contributed by atoms with Crippen LogP contribution in [-0.4, -0.2) is 32.2 Å². The Morgan fingerprint density at radius 2 is 2.03 bits per heavy atom. The van der Waals surface area contributed by atoms with Gasteiger partial charge >= 0.3 is 6.09 Å². The van der Waals surface area contributed by atoms with E-state index in [9.17, 15) is 9.00 Å². The normalized spacial score (nSPS) is 22.8. The fourth-order valence-electron chi connectivity index (χ4n) is 4.52. The standard InChI is InChI=1S/C24H34N4O3S/c1-15(2)25-23(29)31-18-10-9-16(11-18)21-12-22(28(27-21)24(3,4)5)26-20-8-6-7-17-13-32(30)14-19(17)20/h6-8,12,15-16,18,26H,9-11,13-14H2,1-5H3,(H,25,29). The average molecular weight is 459 g/mol. The van der Waals surface area contributed by atoms with Crippen LogP contribution >= 0.6 is 0 Å². The molecular formula is C24H34N4O3S. The Morgan fingerprint density at radius 1 is 1.25 bits per heavy atom. The fraction of sp³-hybridized carbons (Fsp3) is 0.583. The van der Waals surface area contributed by atoms with Crippen LogP contribution in [0.3, 0.4) is 0 Å². The van der Waals surface area contributed by atoms with Crippen molar-refractivity contribution in [3.63, 3.8) is 0 Å². The molecule has 2 heterocycles. The van der Waals surface area contributed by atoms with E-state index < -0.39 is 10.8 Å². The molecule has 1 saturated carbocycles. The molecule has 3 unspecified atom stereocenters. The van der Waals surface area contributed by atoms with Gasteiger partial charge in [-0.1, -0.05) is 12.1 Å². The Labute approximate surface area is 192 Å². The molecule has 2 N–H and O–H groups in total. The van der Waals surface area contributed by atoms with E-state index in [1.807, 2.05) is 30.7 Å². The summed E-state index contributed by atoms with van der Waals surface area (Å²) in [4.78, 5) is 12.0. The summed E-state index contributed by atoms with van der Waals surface area (Å²) < 4.78 is 19.7. The molecule has 3 atom stereocenters. The summed E-state index contributed by atoms with van der Waals surface area (Å²) >= 11 is 0. The number of fused-ring (bicyclic) bond motifs is 1. The molecule has 174 valence electrons. The van der Waals surface area contributed by atoms with Crippen LogP contribution in [0.4, 0.5) is 16.3 Å². The molecule has 7 nitrogen and oxygen atoms in total. The number of nitrogens with zero attached hydrogens (tertiary/aromatic N) is 2. The molecule has 1 fully saturated rings. The third-order valence-electron chi connectivity index (χ3n) is 6.00. The van der Waals surface area contributed by atoms with E-state index in [2.05, 4.69) is 43.5 Å². The van der Waals surface area contributed by atoms with E-state index in [0.29, 0.717) is 11.5 Å². The lowest BCUT2D eigenvalue weighted by atomic mass is 10.0. The first-order chi connectivity index (χ1) is 15.1.